The largest absolute Gasteiger partial charge is 0.496 e. The minimum atomic E-state index is -1.48. The molecule has 0 radical (unpaired) electrons. The molecular weight excluding hydrogens is 308 g/mol. The molecule has 132 valence electrons. The lowest BCUT2D eigenvalue weighted by Crippen LogP contribution is -2.48. The standard InChI is InChI=1S/C20H27F2NO/c1-24-19-7-5-16(21)13-17(19)20(22)8-10-23(11-9-20)18-6-3-14-2-4-15(18)12-14/h5,7,13-15,18H,2-4,6,8-12H2,1H3. The van der Waals surface area contributed by atoms with Crippen LogP contribution < -0.4 is 4.74 Å². The summed E-state index contributed by atoms with van der Waals surface area (Å²) in [5, 5.41) is 0. The smallest absolute Gasteiger partial charge is 0.142 e. The molecule has 2 saturated carbocycles. The van der Waals surface area contributed by atoms with Gasteiger partial charge in [-0.1, -0.05) is 6.42 Å². The van der Waals surface area contributed by atoms with Crippen molar-refractivity contribution in [1.82, 2.24) is 4.90 Å². The summed E-state index contributed by atoms with van der Waals surface area (Å²) >= 11 is 0. The summed E-state index contributed by atoms with van der Waals surface area (Å²) in [7, 11) is 1.52. The molecule has 1 aliphatic heterocycles. The second-order valence-corrected chi connectivity index (χ2v) is 7.93. The van der Waals surface area contributed by atoms with E-state index in [4.69, 9.17) is 4.74 Å². The number of alkyl halides is 1. The predicted molar refractivity (Wildman–Crippen MR) is 90.4 cm³/mol. The molecule has 2 bridgehead atoms. The van der Waals surface area contributed by atoms with Crippen molar-refractivity contribution < 1.29 is 13.5 Å². The zero-order chi connectivity index (χ0) is 16.7. The average molecular weight is 335 g/mol. The number of benzene rings is 1. The quantitative estimate of drug-likeness (QED) is 0.796. The van der Waals surface area contributed by atoms with Gasteiger partial charge >= 0.3 is 0 Å². The Morgan fingerprint density at radius 2 is 1.88 bits per heavy atom. The second-order valence-electron chi connectivity index (χ2n) is 7.93. The van der Waals surface area contributed by atoms with Crippen LogP contribution in [0, 0.1) is 17.7 Å². The second kappa shape index (κ2) is 6.29. The zero-order valence-electron chi connectivity index (χ0n) is 14.4. The van der Waals surface area contributed by atoms with Crippen LogP contribution in [0.2, 0.25) is 0 Å². The average Bonchev–Trinajstić information content (AvgIpc) is 2.97. The van der Waals surface area contributed by atoms with E-state index in [1.54, 1.807) is 0 Å². The van der Waals surface area contributed by atoms with Gasteiger partial charge in [-0.05, 0) is 68.6 Å². The minimum Gasteiger partial charge on any atom is -0.496 e. The number of piperidine rings is 1. The Labute approximate surface area is 143 Å². The molecule has 0 aromatic heterocycles. The van der Waals surface area contributed by atoms with Crippen LogP contribution in [-0.2, 0) is 5.67 Å². The fourth-order valence-corrected chi connectivity index (χ4v) is 5.36. The van der Waals surface area contributed by atoms with Crippen LogP contribution in [0.15, 0.2) is 18.2 Å². The molecule has 1 aromatic carbocycles. The summed E-state index contributed by atoms with van der Waals surface area (Å²) < 4.78 is 34.5. The van der Waals surface area contributed by atoms with Crippen LogP contribution in [0.25, 0.3) is 0 Å². The van der Waals surface area contributed by atoms with Crippen molar-refractivity contribution in [2.45, 2.75) is 56.7 Å². The van der Waals surface area contributed by atoms with E-state index < -0.39 is 11.5 Å². The summed E-state index contributed by atoms with van der Waals surface area (Å²) in [5.41, 5.74) is -1.09. The van der Waals surface area contributed by atoms with E-state index in [1.807, 2.05) is 0 Å². The molecule has 1 saturated heterocycles. The third-order valence-electron chi connectivity index (χ3n) is 6.70. The van der Waals surface area contributed by atoms with Crippen molar-refractivity contribution >= 4 is 0 Å². The van der Waals surface area contributed by atoms with Crippen LogP contribution in [0.1, 0.15) is 50.5 Å². The van der Waals surface area contributed by atoms with Gasteiger partial charge in [-0.2, -0.15) is 0 Å². The lowest BCUT2D eigenvalue weighted by molar-refractivity contribution is 0.0109. The van der Waals surface area contributed by atoms with Gasteiger partial charge < -0.3 is 4.74 Å². The molecule has 1 aromatic rings. The van der Waals surface area contributed by atoms with Crippen molar-refractivity contribution in [3.05, 3.63) is 29.6 Å². The van der Waals surface area contributed by atoms with Crippen LogP contribution >= 0.6 is 0 Å². The maximum Gasteiger partial charge on any atom is 0.142 e. The van der Waals surface area contributed by atoms with Gasteiger partial charge in [-0.15, -0.1) is 0 Å². The van der Waals surface area contributed by atoms with Crippen molar-refractivity contribution in [3.63, 3.8) is 0 Å². The topological polar surface area (TPSA) is 12.5 Å². The number of methoxy groups -OCH3 is 1. The third kappa shape index (κ3) is 2.83. The number of halogens is 2. The van der Waals surface area contributed by atoms with Crippen LogP contribution in [0.3, 0.4) is 0 Å². The molecule has 3 atom stereocenters. The highest BCUT2D eigenvalue weighted by molar-refractivity contribution is 5.39. The number of hydrogen-bond donors (Lipinski definition) is 0. The molecule has 3 aliphatic rings. The summed E-state index contributed by atoms with van der Waals surface area (Å²) in [4.78, 5) is 2.51. The number of likely N-dealkylation sites (tertiary alicyclic amines) is 1. The zero-order valence-corrected chi connectivity index (χ0v) is 14.4. The maximum absolute atomic E-state index is 15.6. The molecule has 0 N–H and O–H groups in total. The summed E-state index contributed by atoms with van der Waals surface area (Å²) in [6, 6.07) is 4.83. The molecule has 0 amide bonds. The van der Waals surface area contributed by atoms with E-state index in [9.17, 15) is 4.39 Å². The number of rotatable bonds is 3. The van der Waals surface area contributed by atoms with Gasteiger partial charge in [0.2, 0.25) is 0 Å². The molecule has 4 rings (SSSR count). The Morgan fingerprint density at radius 1 is 1.12 bits per heavy atom. The van der Waals surface area contributed by atoms with Crippen molar-refractivity contribution in [1.29, 1.82) is 0 Å². The SMILES string of the molecule is COc1ccc(F)cc1C1(F)CCN(C2CCC3CCC2C3)CC1. The molecule has 4 heteroatoms. The van der Waals surface area contributed by atoms with Gasteiger partial charge in [0.1, 0.15) is 17.2 Å². The predicted octanol–water partition coefficient (Wildman–Crippen LogP) is 4.67. The molecule has 3 unspecified atom stereocenters. The van der Waals surface area contributed by atoms with Crippen molar-refractivity contribution in [2.24, 2.45) is 11.8 Å². The first-order valence-electron chi connectivity index (χ1n) is 9.36. The highest BCUT2D eigenvalue weighted by Crippen LogP contribution is 2.47. The Bertz CT molecular complexity index is 597. The Balaban J connectivity index is 1.48. The van der Waals surface area contributed by atoms with E-state index in [0.717, 1.165) is 24.9 Å². The normalized spacial score (nSPS) is 32.7. The molecule has 2 aliphatic carbocycles. The lowest BCUT2D eigenvalue weighted by atomic mass is 9.80. The maximum atomic E-state index is 15.6. The van der Waals surface area contributed by atoms with Crippen molar-refractivity contribution in [2.75, 3.05) is 20.2 Å². The Kier molecular flexibility index (Phi) is 4.27. The van der Waals surface area contributed by atoms with Gasteiger partial charge in [0.05, 0.1) is 7.11 Å². The van der Waals surface area contributed by atoms with E-state index >= 15 is 4.39 Å². The number of ether oxygens (including phenoxy) is 1. The van der Waals surface area contributed by atoms with Gasteiger partial charge in [0.15, 0.2) is 0 Å². The van der Waals surface area contributed by atoms with E-state index in [-0.39, 0.29) is 0 Å². The first kappa shape index (κ1) is 16.3. The molecular formula is C20H27F2NO. The first-order valence-corrected chi connectivity index (χ1v) is 9.36. The third-order valence-corrected chi connectivity index (χ3v) is 6.70. The number of hydrogen-bond acceptors (Lipinski definition) is 2. The van der Waals surface area contributed by atoms with Crippen LogP contribution in [0.5, 0.6) is 5.75 Å². The highest BCUT2D eigenvalue weighted by Gasteiger charge is 2.44. The first-order chi connectivity index (χ1) is 11.6. The fourth-order valence-electron chi connectivity index (χ4n) is 5.36. The molecule has 2 nitrogen and oxygen atoms in total. The molecule has 1 heterocycles. The highest BCUT2D eigenvalue weighted by atomic mass is 19.1. The van der Waals surface area contributed by atoms with Gasteiger partial charge in [0, 0.05) is 24.7 Å². The minimum absolute atomic E-state index is 0.384. The molecule has 24 heavy (non-hydrogen) atoms. The Morgan fingerprint density at radius 3 is 2.62 bits per heavy atom. The monoisotopic (exact) mass is 335 g/mol. The molecule has 0 spiro atoms. The van der Waals surface area contributed by atoms with E-state index in [1.165, 1.54) is 57.4 Å². The lowest BCUT2D eigenvalue weighted by Gasteiger charge is -2.44. The van der Waals surface area contributed by atoms with Crippen molar-refractivity contribution in [3.8, 4) is 5.75 Å². The van der Waals surface area contributed by atoms with E-state index in [2.05, 4.69) is 4.90 Å². The molecule has 3 fully saturated rings. The van der Waals surface area contributed by atoms with Gasteiger partial charge in [-0.3, -0.25) is 4.90 Å². The number of nitrogens with zero attached hydrogens (tertiary/aromatic N) is 1. The summed E-state index contributed by atoms with van der Waals surface area (Å²) in [6.07, 6.45) is 7.60. The van der Waals surface area contributed by atoms with Crippen LogP contribution in [-0.4, -0.2) is 31.1 Å². The summed E-state index contributed by atoms with van der Waals surface area (Å²) in [6.45, 7) is 1.53. The van der Waals surface area contributed by atoms with E-state index in [0.29, 0.717) is 30.2 Å². The van der Waals surface area contributed by atoms with Crippen LogP contribution in [0.4, 0.5) is 8.78 Å². The fraction of sp³-hybridized carbons (Fsp3) is 0.700. The van der Waals surface area contributed by atoms with Gasteiger partial charge in [0.25, 0.3) is 0 Å². The summed E-state index contributed by atoms with van der Waals surface area (Å²) in [5.74, 6) is 1.84. The van der Waals surface area contributed by atoms with Gasteiger partial charge in [-0.25, -0.2) is 8.78 Å². The Hall–Kier alpha value is -1.16. The number of fused-ring (bicyclic) bond motifs is 2.